The third-order valence-electron chi connectivity index (χ3n) is 3.78. The zero-order chi connectivity index (χ0) is 18.7. The second kappa shape index (κ2) is 8.01. The van der Waals surface area contributed by atoms with Gasteiger partial charge in [0.1, 0.15) is 5.82 Å². The highest BCUT2D eigenvalue weighted by atomic mass is 32.2. The van der Waals surface area contributed by atoms with Gasteiger partial charge in [-0.2, -0.15) is 0 Å². The van der Waals surface area contributed by atoms with E-state index in [0.29, 0.717) is 5.13 Å². The summed E-state index contributed by atoms with van der Waals surface area (Å²) in [5.74, 6) is 1.02. The molecule has 1 aromatic carbocycles. The van der Waals surface area contributed by atoms with Gasteiger partial charge in [0, 0.05) is 17.0 Å². The molecule has 0 unspecified atom stereocenters. The maximum absolute atomic E-state index is 12.2. The highest BCUT2D eigenvalue weighted by molar-refractivity contribution is 7.99. The quantitative estimate of drug-likeness (QED) is 0.637. The average molecular weight is 388 g/mol. The van der Waals surface area contributed by atoms with Crippen LogP contribution in [0, 0.1) is 13.8 Å². The van der Waals surface area contributed by atoms with Crippen LogP contribution in [0.25, 0.3) is 11.3 Å². The van der Waals surface area contributed by atoms with Crippen LogP contribution in [0.5, 0.6) is 0 Å². The Hall–Kier alpha value is -2.19. The zero-order valence-electron chi connectivity index (χ0n) is 15.2. The molecular formula is C18H21N5OS2. The van der Waals surface area contributed by atoms with Crippen molar-refractivity contribution in [3.05, 3.63) is 41.0 Å². The predicted octanol–water partition coefficient (Wildman–Crippen LogP) is 4.33. The molecule has 0 fully saturated rings. The molecule has 0 spiro atoms. The molecule has 3 aromatic rings. The third-order valence-corrected chi connectivity index (χ3v) is 5.48. The van der Waals surface area contributed by atoms with Crippen LogP contribution in [0.2, 0.25) is 0 Å². The lowest BCUT2D eigenvalue weighted by Gasteiger charge is -2.11. The predicted molar refractivity (Wildman–Crippen MR) is 107 cm³/mol. The molecule has 2 aromatic heterocycles. The van der Waals surface area contributed by atoms with E-state index in [4.69, 9.17) is 0 Å². The largest absolute Gasteiger partial charge is 0.304 e. The van der Waals surface area contributed by atoms with Gasteiger partial charge in [-0.05, 0) is 27.7 Å². The van der Waals surface area contributed by atoms with Crippen molar-refractivity contribution >= 4 is 34.1 Å². The number of aromatic nitrogens is 4. The normalized spacial score (nSPS) is 11.1. The van der Waals surface area contributed by atoms with Crippen LogP contribution in [0.4, 0.5) is 5.13 Å². The number of hydrogen-bond acceptors (Lipinski definition) is 6. The fraction of sp³-hybridized carbons (Fsp3) is 0.333. The van der Waals surface area contributed by atoms with Crippen molar-refractivity contribution in [1.29, 1.82) is 0 Å². The number of amides is 1. The maximum Gasteiger partial charge on any atom is 0.236 e. The molecule has 0 aliphatic rings. The topological polar surface area (TPSA) is 72.7 Å². The van der Waals surface area contributed by atoms with Gasteiger partial charge in [-0.25, -0.2) is 4.98 Å². The Bertz CT molecular complexity index is 899. The second-order valence-electron chi connectivity index (χ2n) is 6.23. The molecule has 3 rings (SSSR count). The van der Waals surface area contributed by atoms with Crippen molar-refractivity contribution in [2.24, 2.45) is 0 Å². The summed E-state index contributed by atoms with van der Waals surface area (Å²) in [5.41, 5.74) is 3.12. The van der Waals surface area contributed by atoms with Crippen LogP contribution in [0.3, 0.4) is 0 Å². The molecule has 0 aliphatic carbocycles. The standard InChI is InChI=1S/C18H21N5OS2/c1-11(2)23-13(4)21-22-18(23)26-10-16(24)20-17-19-15(9-25-17)14-7-5-12(3)6-8-14/h5-9,11H,10H2,1-4H3,(H,19,20,24). The fourth-order valence-corrected chi connectivity index (χ4v) is 4.17. The van der Waals surface area contributed by atoms with E-state index in [2.05, 4.69) is 53.4 Å². The van der Waals surface area contributed by atoms with Crippen molar-refractivity contribution in [2.45, 2.75) is 38.9 Å². The molecule has 2 heterocycles. The fourth-order valence-electron chi connectivity index (χ4n) is 2.52. The first-order valence-electron chi connectivity index (χ1n) is 8.30. The SMILES string of the molecule is Cc1ccc(-c2csc(NC(=O)CSc3nnc(C)n3C(C)C)n2)cc1. The van der Waals surface area contributed by atoms with Crippen LogP contribution in [0.1, 0.15) is 31.3 Å². The summed E-state index contributed by atoms with van der Waals surface area (Å²) in [5, 5.41) is 14.4. The van der Waals surface area contributed by atoms with Crippen molar-refractivity contribution in [3.63, 3.8) is 0 Å². The average Bonchev–Trinajstić information content (AvgIpc) is 3.20. The third kappa shape index (κ3) is 4.31. The Kier molecular flexibility index (Phi) is 5.73. The molecule has 0 bridgehead atoms. The summed E-state index contributed by atoms with van der Waals surface area (Å²) in [7, 11) is 0. The maximum atomic E-state index is 12.2. The van der Waals surface area contributed by atoms with Gasteiger partial charge >= 0.3 is 0 Å². The summed E-state index contributed by atoms with van der Waals surface area (Å²) in [6.45, 7) is 8.11. The smallest absolute Gasteiger partial charge is 0.236 e. The first-order valence-corrected chi connectivity index (χ1v) is 10.2. The van der Waals surface area contributed by atoms with Gasteiger partial charge in [0.2, 0.25) is 5.91 Å². The Morgan fingerprint density at radius 1 is 1.23 bits per heavy atom. The van der Waals surface area contributed by atoms with Crippen LogP contribution in [0.15, 0.2) is 34.8 Å². The number of rotatable bonds is 6. The zero-order valence-corrected chi connectivity index (χ0v) is 16.8. The molecule has 26 heavy (non-hydrogen) atoms. The van der Waals surface area contributed by atoms with Gasteiger partial charge < -0.3 is 9.88 Å². The molecule has 8 heteroatoms. The number of aryl methyl sites for hydroxylation is 2. The molecule has 0 radical (unpaired) electrons. The van der Waals surface area contributed by atoms with Gasteiger partial charge in [-0.15, -0.1) is 21.5 Å². The minimum Gasteiger partial charge on any atom is -0.304 e. The Balaban J connectivity index is 1.60. The summed E-state index contributed by atoms with van der Waals surface area (Å²) < 4.78 is 2.02. The number of nitrogens with one attached hydrogen (secondary N) is 1. The number of thioether (sulfide) groups is 1. The van der Waals surface area contributed by atoms with Gasteiger partial charge in [0.25, 0.3) is 0 Å². The summed E-state index contributed by atoms with van der Waals surface area (Å²) in [6, 6.07) is 8.43. The number of anilines is 1. The Morgan fingerprint density at radius 3 is 2.65 bits per heavy atom. The number of nitrogens with zero attached hydrogens (tertiary/aromatic N) is 4. The van der Waals surface area contributed by atoms with E-state index in [1.165, 1.54) is 28.7 Å². The molecule has 0 aliphatic heterocycles. The van der Waals surface area contributed by atoms with Crippen molar-refractivity contribution < 1.29 is 4.79 Å². The number of carbonyl (C=O) groups excluding carboxylic acids is 1. The lowest BCUT2D eigenvalue weighted by Crippen LogP contribution is -2.15. The first kappa shape index (κ1) is 18.6. The van der Waals surface area contributed by atoms with Crippen molar-refractivity contribution in [2.75, 3.05) is 11.1 Å². The summed E-state index contributed by atoms with van der Waals surface area (Å²) in [4.78, 5) is 16.7. The first-order chi connectivity index (χ1) is 12.4. The van der Waals surface area contributed by atoms with Crippen molar-refractivity contribution in [1.82, 2.24) is 19.7 Å². The molecule has 0 saturated carbocycles. The molecule has 6 nitrogen and oxygen atoms in total. The van der Waals surface area contributed by atoms with E-state index in [1.54, 1.807) is 0 Å². The van der Waals surface area contributed by atoms with Crippen LogP contribution < -0.4 is 5.32 Å². The van der Waals surface area contributed by atoms with Crippen LogP contribution in [-0.2, 0) is 4.79 Å². The molecule has 136 valence electrons. The van der Waals surface area contributed by atoms with E-state index in [1.807, 2.05) is 29.0 Å². The van der Waals surface area contributed by atoms with E-state index in [0.717, 1.165) is 22.2 Å². The monoisotopic (exact) mass is 387 g/mol. The van der Waals surface area contributed by atoms with E-state index in [-0.39, 0.29) is 17.7 Å². The number of benzene rings is 1. The van der Waals surface area contributed by atoms with E-state index in [9.17, 15) is 4.79 Å². The number of thiazole rings is 1. The molecular weight excluding hydrogens is 366 g/mol. The number of carbonyl (C=O) groups is 1. The van der Waals surface area contributed by atoms with Gasteiger partial charge in [-0.3, -0.25) is 4.79 Å². The molecule has 0 atom stereocenters. The summed E-state index contributed by atoms with van der Waals surface area (Å²) in [6.07, 6.45) is 0. The van der Waals surface area contributed by atoms with Gasteiger partial charge in [0.15, 0.2) is 10.3 Å². The second-order valence-corrected chi connectivity index (χ2v) is 8.03. The lowest BCUT2D eigenvalue weighted by molar-refractivity contribution is -0.113. The number of hydrogen-bond donors (Lipinski definition) is 1. The Morgan fingerprint density at radius 2 is 1.96 bits per heavy atom. The van der Waals surface area contributed by atoms with Crippen molar-refractivity contribution in [3.8, 4) is 11.3 Å². The van der Waals surface area contributed by atoms with Gasteiger partial charge in [-0.1, -0.05) is 41.6 Å². The minimum absolute atomic E-state index is 0.101. The van der Waals surface area contributed by atoms with Crippen LogP contribution >= 0.6 is 23.1 Å². The highest BCUT2D eigenvalue weighted by Gasteiger charge is 2.14. The minimum atomic E-state index is -0.101. The van der Waals surface area contributed by atoms with E-state index < -0.39 is 0 Å². The van der Waals surface area contributed by atoms with E-state index >= 15 is 0 Å². The molecule has 1 amide bonds. The molecule has 0 saturated heterocycles. The summed E-state index contributed by atoms with van der Waals surface area (Å²) >= 11 is 2.81. The van der Waals surface area contributed by atoms with Crippen LogP contribution in [-0.4, -0.2) is 31.4 Å². The Labute approximate surface area is 161 Å². The molecule has 1 N–H and O–H groups in total. The lowest BCUT2D eigenvalue weighted by atomic mass is 10.1. The highest BCUT2D eigenvalue weighted by Crippen LogP contribution is 2.26. The van der Waals surface area contributed by atoms with Gasteiger partial charge in [0.05, 0.1) is 11.4 Å².